The van der Waals surface area contributed by atoms with Gasteiger partial charge >= 0.3 is 0 Å². The second kappa shape index (κ2) is 4.18. The fourth-order valence-electron chi connectivity index (χ4n) is 1.52. The van der Waals surface area contributed by atoms with E-state index in [2.05, 4.69) is 9.97 Å². The Kier molecular flexibility index (Phi) is 2.72. The Morgan fingerprint density at radius 3 is 2.88 bits per heavy atom. The molecular weight excluding hydrogens is 202 g/mol. The first-order valence-electron chi connectivity index (χ1n) is 5.14. The molecule has 2 rings (SSSR count). The van der Waals surface area contributed by atoms with Gasteiger partial charge in [0.1, 0.15) is 0 Å². The van der Waals surface area contributed by atoms with E-state index in [-0.39, 0.29) is 11.2 Å². The standard InChI is InChI=1S/C12H13N3O/c1-2-10-5-8(3-4-14-10)9-6-11(13)12(16)15-7-9/h3-7H,2,13H2,1H3,(H,15,16). The number of nitrogen functional groups attached to an aromatic ring is 1. The van der Waals surface area contributed by atoms with Gasteiger partial charge in [0.25, 0.3) is 5.56 Å². The third-order valence-electron chi connectivity index (χ3n) is 2.44. The highest BCUT2D eigenvalue weighted by molar-refractivity contribution is 5.65. The molecule has 4 heteroatoms. The molecule has 4 nitrogen and oxygen atoms in total. The number of H-pyrrole nitrogens is 1. The van der Waals surface area contributed by atoms with Gasteiger partial charge in [-0.15, -0.1) is 0 Å². The molecular formula is C12H13N3O. The van der Waals surface area contributed by atoms with Gasteiger partial charge in [-0.05, 0) is 30.2 Å². The minimum atomic E-state index is -0.256. The third-order valence-corrected chi connectivity index (χ3v) is 2.44. The van der Waals surface area contributed by atoms with Gasteiger partial charge in [0.15, 0.2) is 0 Å². The fourth-order valence-corrected chi connectivity index (χ4v) is 1.52. The van der Waals surface area contributed by atoms with Crippen molar-refractivity contribution >= 4 is 5.69 Å². The normalized spacial score (nSPS) is 10.3. The summed E-state index contributed by atoms with van der Waals surface area (Å²) in [5.74, 6) is 0. The number of rotatable bonds is 2. The van der Waals surface area contributed by atoms with Gasteiger partial charge in [-0.1, -0.05) is 6.92 Å². The number of nitrogens with one attached hydrogen (secondary N) is 1. The van der Waals surface area contributed by atoms with E-state index in [0.29, 0.717) is 0 Å². The molecule has 82 valence electrons. The fraction of sp³-hybridized carbons (Fsp3) is 0.167. The van der Waals surface area contributed by atoms with Crippen molar-refractivity contribution in [3.05, 3.63) is 46.6 Å². The van der Waals surface area contributed by atoms with Crippen molar-refractivity contribution in [1.29, 1.82) is 0 Å². The molecule has 16 heavy (non-hydrogen) atoms. The van der Waals surface area contributed by atoms with E-state index in [1.54, 1.807) is 18.5 Å². The number of aromatic amines is 1. The Hall–Kier alpha value is -2.10. The van der Waals surface area contributed by atoms with Crippen LogP contribution in [0.5, 0.6) is 0 Å². The van der Waals surface area contributed by atoms with Crippen LogP contribution in [0.15, 0.2) is 35.4 Å². The van der Waals surface area contributed by atoms with Crippen LogP contribution in [-0.2, 0) is 6.42 Å². The molecule has 2 aromatic rings. The van der Waals surface area contributed by atoms with Crippen molar-refractivity contribution in [2.75, 3.05) is 5.73 Å². The summed E-state index contributed by atoms with van der Waals surface area (Å²) < 4.78 is 0. The van der Waals surface area contributed by atoms with Crippen molar-refractivity contribution in [1.82, 2.24) is 9.97 Å². The van der Waals surface area contributed by atoms with Crippen LogP contribution in [0.25, 0.3) is 11.1 Å². The Labute approximate surface area is 93.2 Å². The van der Waals surface area contributed by atoms with Gasteiger partial charge in [-0.3, -0.25) is 9.78 Å². The average Bonchev–Trinajstić information content (AvgIpc) is 2.33. The first-order valence-corrected chi connectivity index (χ1v) is 5.14. The number of hydrogen-bond donors (Lipinski definition) is 2. The van der Waals surface area contributed by atoms with Gasteiger partial charge in [-0.25, -0.2) is 0 Å². The Morgan fingerprint density at radius 2 is 2.19 bits per heavy atom. The topological polar surface area (TPSA) is 71.8 Å². The van der Waals surface area contributed by atoms with Gasteiger partial charge < -0.3 is 10.7 Å². The number of anilines is 1. The Bertz CT molecular complexity index is 560. The predicted octanol–water partition coefficient (Wildman–Crippen LogP) is 1.58. The van der Waals surface area contributed by atoms with Crippen molar-refractivity contribution in [3.8, 4) is 11.1 Å². The quantitative estimate of drug-likeness (QED) is 0.798. The molecule has 0 amide bonds. The van der Waals surface area contributed by atoms with Gasteiger partial charge in [-0.2, -0.15) is 0 Å². The number of aromatic nitrogens is 2. The smallest absolute Gasteiger partial charge is 0.271 e. The monoisotopic (exact) mass is 215 g/mol. The van der Waals surface area contributed by atoms with Crippen LogP contribution < -0.4 is 11.3 Å². The van der Waals surface area contributed by atoms with Crippen LogP contribution in [0.2, 0.25) is 0 Å². The molecule has 0 aliphatic carbocycles. The number of hydrogen-bond acceptors (Lipinski definition) is 3. The lowest BCUT2D eigenvalue weighted by atomic mass is 10.1. The molecule has 0 aliphatic heterocycles. The molecule has 0 aliphatic rings. The molecule has 0 aromatic carbocycles. The Morgan fingerprint density at radius 1 is 1.38 bits per heavy atom. The van der Waals surface area contributed by atoms with Crippen molar-refractivity contribution < 1.29 is 0 Å². The minimum Gasteiger partial charge on any atom is -0.394 e. The van der Waals surface area contributed by atoms with Crippen LogP contribution in [0.1, 0.15) is 12.6 Å². The van der Waals surface area contributed by atoms with Gasteiger partial charge in [0.05, 0.1) is 5.69 Å². The molecule has 0 unspecified atom stereocenters. The van der Waals surface area contributed by atoms with E-state index in [1.165, 1.54) is 0 Å². The maximum absolute atomic E-state index is 11.1. The van der Waals surface area contributed by atoms with Crippen LogP contribution in [0.3, 0.4) is 0 Å². The van der Waals surface area contributed by atoms with Crippen LogP contribution in [0.4, 0.5) is 5.69 Å². The number of nitrogens with zero attached hydrogens (tertiary/aromatic N) is 1. The zero-order valence-electron chi connectivity index (χ0n) is 9.03. The lowest BCUT2D eigenvalue weighted by Gasteiger charge is -2.03. The SMILES string of the molecule is CCc1cc(-c2c[nH]c(=O)c(N)c2)ccn1. The number of pyridine rings is 2. The van der Waals surface area contributed by atoms with E-state index in [9.17, 15) is 4.79 Å². The number of aryl methyl sites for hydroxylation is 1. The molecule has 0 spiro atoms. The average molecular weight is 215 g/mol. The van der Waals surface area contributed by atoms with Crippen LogP contribution in [-0.4, -0.2) is 9.97 Å². The van der Waals surface area contributed by atoms with Crippen molar-refractivity contribution in [2.24, 2.45) is 0 Å². The van der Waals surface area contributed by atoms with E-state index < -0.39 is 0 Å². The number of nitrogens with two attached hydrogens (primary N) is 1. The molecule has 0 radical (unpaired) electrons. The highest BCUT2D eigenvalue weighted by Crippen LogP contribution is 2.19. The molecule has 0 bridgehead atoms. The van der Waals surface area contributed by atoms with Crippen molar-refractivity contribution in [2.45, 2.75) is 13.3 Å². The maximum Gasteiger partial charge on any atom is 0.271 e. The second-order valence-electron chi connectivity index (χ2n) is 3.56. The van der Waals surface area contributed by atoms with E-state index in [1.807, 2.05) is 19.1 Å². The van der Waals surface area contributed by atoms with Crippen LogP contribution >= 0.6 is 0 Å². The zero-order chi connectivity index (χ0) is 11.5. The van der Waals surface area contributed by atoms with Crippen LogP contribution in [0, 0.1) is 0 Å². The second-order valence-corrected chi connectivity index (χ2v) is 3.56. The van der Waals surface area contributed by atoms with Gasteiger partial charge in [0, 0.05) is 23.7 Å². The molecule has 0 saturated carbocycles. The maximum atomic E-state index is 11.1. The summed E-state index contributed by atoms with van der Waals surface area (Å²) in [6.45, 7) is 2.05. The third kappa shape index (κ3) is 1.95. The lowest BCUT2D eigenvalue weighted by Crippen LogP contribution is -2.10. The summed E-state index contributed by atoms with van der Waals surface area (Å²) in [5, 5.41) is 0. The first-order chi connectivity index (χ1) is 7.70. The van der Waals surface area contributed by atoms with E-state index in [4.69, 9.17) is 5.73 Å². The summed E-state index contributed by atoms with van der Waals surface area (Å²) >= 11 is 0. The molecule has 2 aromatic heterocycles. The summed E-state index contributed by atoms with van der Waals surface area (Å²) in [4.78, 5) is 18.0. The molecule has 0 fully saturated rings. The minimum absolute atomic E-state index is 0.229. The summed E-state index contributed by atoms with van der Waals surface area (Å²) in [5.41, 5.74) is 8.46. The van der Waals surface area contributed by atoms with Gasteiger partial charge in [0.2, 0.25) is 0 Å². The summed E-state index contributed by atoms with van der Waals surface area (Å²) in [6.07, 6.45) is 4.30. The first kappa shape index (κ1) is 10.4. The highest BCUT2D eigenvalue weighted by atomic mass is 16.1. The predicted molar refractivity (Wildman–Crippen MR) is 64.1 cm³/mol. The lowest BCUT2D eigenvalue weighted by molar-refractivity contribution is 1.04. The molecule has 0 atom stereocenters. The molecule has 3 N–H and O–H groups in total. The van der Waals surface area contributed by atoms with E-state index >= 15 is 0 Å². The summed E-state index contributed by atoms with van der Waals surface area (Å²) in [7, 11) is 0. The highest BCUT2D eigenvalue weighted by Gasteiger charge is 2.01. The Balaban J connectivity index is 2.50. The summed E-state index contributed by atoms with van der Waals surface area (Å²) in [6, 6.07) is 5.56. The van der Waals surface area contributed by atoms with E-state index in [0.717, 1.165) is 23.2 Å². The molecule has 2 heterocycles. The van der Waals surface area contributed by atoms with Crippen molar-refractivity contribution in [3.63, 3.8) is 0 Å². The molecule has 0 saturated heterocycles. The largest absolute Gasteiger partial charge is 0.394 e. The zero-order valence-corrected chi connectivity index (χ0v) is 9.03.